The molecule has 0 spiro atoms. The van der Waals surface area contributed by atoms with Gasteiger partial charge < -0.3 is 0 Å². The van der Waals surface area contributed by atoms with Gasteiger partial charge in [-0.05, 0) is 52.7 Å². The van der Waals surface area contributed by atoms with Crippen LogP contribution in [0.4, 0.5) is 5.69 Å². The lowest BCUT2D eigenvalue weighted by molar-refractivity contribution is 0.0925. The van der Waals surface area contributed by atoms with E-state index in [0.29, 0.717) is 26.3 Å². The highest BCUT2D eigenvalue weighted by atomic mass is 79.9. The molecule has 0 unspecified atom stereocenters. The van der Waals surface area contributed by atoms with Crippen molar-refractivity contribution in [3.8, 4) is 0 Å². The van der Waals surface area contributed by atoms with Gasteiger partial charge in [0, 0.05) is 9.50 Å². The van der Waals surface area contributed by atoms with E-state index < -0.39 is 0 Å². The van der Waals surface area contributed by atoms with Crippen molar-refractivity contribution in [1.82, 2.24) is 0 Å². The second-order valence-electron chi connectivity index (χ2n) is 4.54. The molecule has 3 rings (SSSR count). The van der Waals surface area contributed by atoms with E-state index in [1.54, 1.807) is 36.4 Å². The molecule has 2 aromatic rings. The molecule has 2 aromatic carbocycles. The third kappa shape index (κ3) is 1.87. The third-order valence-electron chi connectivity index (χ3n) is 3.24. The lowest BCUT2D eigenvalue weighted by Gasteiger charge is -2.18. The lowest BCUT2D eigenvalue weighted by atomic mass is 10.1. The van der Waals surface area contributed by atoms with Crippen molar-refractivity contribution in [2.45, 2.75) is 6.92 Å². The lowest BCUT2D eigenvalue weighted by Crippen LogP contribution is -2.30. The van der Waals surface area contributed by atoms with Crippen LogP contribution in [-0.2, 0) is 0 Å². The number of benzene rings is 2. The van der Waals surface area contributed by atoms with E-state index in [9.17, 15) is 9.59 Å². The number of carbonyl (C=O) groups excluding carboxylic acids is 2. The fraction of sp³-hybridized carbons (Fsp3) is 0.0667. The van der Waals surface area contributed by atoms with Crippen molar-refractivity contribution in [3.63, 3.8) is 0 Å². The van der Waals surface area contributed by atoms with Crippen LogP contribution >= 0.6 is 27.5 Å². The zero-order chi connectivity index (χ0) is 14.4. The van der Waals surface area contributed by atoms with Gasteiger partial charge in [0.05, 0.1) is 16.8 Å². The Morgan fingerprint density at radius 2 is 1.60 bits per heavy atom. The number of nitrogens with zero attached hydrogens (tertiary/aromatic N) is 1. The van der Waals surface area contributed by atoms with Crippen molar-refractivity contribution in [1.29, 1.82) is 0 Å². The number of halogens is 2. The minimum atomic E-state index is -0.309. The van der Waals surface area contributed by atoms with Crippen LogP contribution in [0.3, 0.4) is 0 Å². The topological polar surface area (TPSA) is 37.4 Å². The van der Waals surface area contributed by atoms with Crippen molar-refractivity contribution in [2.75, 3.05) is 4.90 Å². The molecule has 20 heavy (non-hydrogen) atoms. The number of hydrogen-bond donors (Lipinski definition) is 0. The average Bonchev–Trinajstić information content (AvgIpc) is 2.64. The normalized spacial score (nSPS) is 13.8. The fourth-order valence-corrected chi connectivity index (χ4v) is 3.51. The highest BCUT2D eigenvalue weighted by molar-refractivity contribution is 9.10. The smallest absolute Gasteiger partial charge is 0.266 e. The Kier molecular flexibility index (Phi) is 3.15. The summed E-state index contributed by atoms with van der Waals surface area (Å²) in [5, 5.41) is 0.551. The maximum atomic E-state index is 12.4. The summed E-state index contributed by atoms with van der Waals surface area (Å²) in [7, 11) is 0. The van der Waals surface area contributed by atoms with Crippen LogP contribution in [0.2, 0.25) is 5.02 Å². The number of hydrogen-bond acceptors (Lipinski definition) is 2. The number of rotatable bonds is 1. The van der Waals surface area contributed by atoms with E-state index in [0.717, 1.165) is 5.56 Å². The van der Waals surface area contributed by atoms with Crippen LogP contribution in [0.15, 0.2) is 40.9 Å². The third-order valence-corrected chi connectivity index (χ3v) is 4.06. The molecule has 0 aliphatic carbocycles. The molecule has 3 nitrogen and oxygen atoms in total. The minimum Gasteiger partial charge on any atom is -0.268 e. The van der Waals surface area contributed by atoms with Gasteiger partial charge in [-0.1, -0.05) is 23.7 Å². The summed E-state index contributed by atoms with van der Waals surface area (Å²) in [6, 6.07) is 10.2. The molecule has 1 aliphatic rings. The summed E-state index contributed by atoms with van der Waals surface area (Å²) < 4.78 is 0.622. The molecular formula is C15H9BrClNO2. The summed E-state index contributed by atoms with van der Waals surface area (Å²) in [6.45, 7) is 1.82. The summed E-state index contributed by atoms with van der Waals surface area (Å²) >= 11 is 9.35. The number of aryl methyl sites for hydroxylation is 1. The van der Waals surface area contributed by atoms with Crippen molar-refractivity contribution in [3.05, 3.63) is 62.6 Å². The van der Waals surface area contributed by atoms with E-state index in [4.69, 9.17) is 11.6 Å². The summed E-state index contributed by atoms with van der Waals surface area (Å²) in [4.78, 5) is 26.1. The first kappa shape index (κ1) is 13.3. The highest BCUT2D eigenvalue weighted by Crippen LogP contribution is 2.37. The predicted octanol–water partition coefficient (Wildman–Crippen LogP) is 4.21. The minimum absolute atomic E-state index is 0.309. The van der Waals surface area contributed by atoms with Crippen molar-refractivity contribution in [2.24, 2.45) is 0 Å². The first-order valence-electron chi connectivity index (χ1n) is 5.94. The van der Waals surface area contributed by atoms with Gasteiger partial charge in [-0.3, -0.25) is 9.59 Å². The van der Waals surface area contributed by atoms with Crippen LogP contribution in [0.1, 0.15) is 26.3 Å². The average molecular weight is 351 g/mol. The Balaban J connectivity index is 2.19. The van der Waals surface area contributed by atoms with Gasteiger partial charge in [-0.25, -0.2) is 4.90 Å². The van der Waals surface area contributed by atoms with Gasteiger partial charge in [0.1, 0.15) is 0 Å². The Labute approximate surface area is 129 Å². The fourth-order valence-electron chi connectivity index (χ4n) is 2.37. The molecule has 0 atom stereocenters. The van der Waals surface area contributed by atoms with Gasteiger partial charge >= 0.3 is 0 Å². The molecule has 1 aliphatic heterocycles. The maximum Gasteiger partial charge on any atom is 0.266 e. The Bertz CT molecular complexity index is 699. The molecule has 0 fully saturated rings. The monoisotopic (exact) mass is 349 g/mol. The zero-order valence-electron chi connectivity index (χ0n) is 10.5. The second-order valence-corrected chi connectivity index (χ2v) is 5.84. The van der Waals surface area contributed by atoms with Gasteiger partial charge in [0.25, 0.3) is 11.8 Å². The molecule has 100 valence electrons. The van der Waals surface area contributed by atoms with Crippen LogP contribution in [0.25, 0.3) is 0 Å². The number of imide groups is 1. The van der Waals surface area contributed by atoms with E-state index >= 15 is 0 Å². The Morgan fingerprint density at radius 3 is 2.10 bits per heavy atom. The SMILES string of the molecule is Cc1cc(Cl)cc(Br)c1N1C(=O)c2ccccc2C1=O. The molecule has 0 saturated carbocycles. The predicted molar refractivity (Wildman–Crippen MR) is 81.5 cm³/mol. The molecule has 0 N–H and O–H groups in total. The molecule has 0 aromatic heterocycles. The van der Waals surface area contributed by atoms with Crippen molar-refractivity contribution < 1.29 is 9.59 Å². The van der Waals surface area contributed by atoms with E-state index in [2.05, 4.69) is 15.9 Å². The zero-order valence-corrected chi connectivity index (χ0v) is 12.8. The molecule has 0 radical (unpaired) electrons. The Hall–Kier alpha value is -1.65. The van der Waals surface area contributed by atoms with Gasteiger partial charge in [-0.15, -0.1) is 0 Å². The molecule has 1 heterocycles. The summed E-state index contributed by atoms with van der Waals surface area (Å²) in [6.07, 6.45) is 0. The Morgan fingerprint density at radius 1 is 1.05 bits per heavy atom. The van der Waals surface area contributed by atoms with Crippen LogP contribution < -0.4 is 4.90 Å². The van der Waals surface area contributed by atoms with Gasteiger partial charge in [-0.2, -0.15) is 0 Å². The van der Waals surface area contributed by atoms with E-state index in [-0.39, 0.29) is 11.8 Å². The molecule has 0 saturated heterocycles. The molecule has 5 heteroatoms. The standard InChI is InChI=1S/C15H9BrClNO2/c1-8-6-9(17)7-12(16)13(8)18-14(19)10-4-2-3-5-11(10)15(18)20/h2-7H,1H3. The van der Waals surface area contributed by atoms with Crippen LogP contribution in [-0.4, -0.2) is 11.8 Å². The number of anilines is 1. The summed E-state index contributed by atoms with van der Waals surface area (Å²) in [5.41, 5.74) is 2.16. The van der Waals surface area contributed by atoms with E-state index in [1.165, 1.54) is 4.90 Å². The van der Waals surface area contributed by atoms with Crippen LogP contribution in [0.5, 0.6) is 0 Å². The maximum absolute atomic E-state index is 12.4. The van der Waals surface area contributed by atoms with Crippen LogP contribution in [0, 0.1) is 6.92 Å². The quantitative estimate of drug-likeness (QED) is 0.722. The molecule has 0 bridgehead atoms. The molecule has 2 amide bonds. The first-order valence-corrected chi connectivity index (χ1v) is 7.11. The van der Waals surface area contributed by atoms with Gasteiger partial charge in [0.15, 0.2) is 0 Å². The van der Waals surface area contributed by atoms with Crippen molar-refractivity contribution >= 4 is 45.0 Å². The second kappa shape index (κ2) is 4.72. The van der Waals surface area contributed by atoms with E-state index in [1.807, 2.05) is 6.92 Å². The first-order chi connectivity index (χ1) is 9.50. The number of fused-ring (bicyclic) bond motifs is 1. The highest BCUT2D eigenvalue weighted by Gasteiger charge is 2.37. The number of carbonyl (C=O) groups is 2. The van der Waals surface area contributed by atoms with Gasteiger partial charge in [0.2, 0.25) is 0 Å². The number of amides is 2. The molecular weight excluding hydrogens is 342 g/mol. The largest absolute Gasteiger partial charge is 0.268 e. The summed E-state index contributed by atoms with van der Waals surface area (Å²) in [5.74, 6) is -0.617.